The van der Waals surface area contributed by atoms with E-state index in [1.807, 2.05) is 21.8 Å². The van der Waals surface area contributed by atoms with Crippen molar-refractivity contribution in [3.8, 4) is 0 Å². The van der Waals surface area contributed by atoms with Crippen molar-refractivity contribution in [3.63, 3.8) is 0 Å². The molecule has 28 heavy (non-hydrogen) atoms. The second kappa shape index (κ2) is 8.75. The van der Waals surface area contributed by atoms with Crippen LogP contribution < -0.4 is 5.32 Å². The van der Waals surface area contributed by atoms with E-state index in [2.05, 4.69) is 39.6 Å². The van der Waals surface area contributed by atoms with E-state index >= 15 is 0 Å². The second-order valence-corrected chi connectivity index (χ2v) is 7.82. The summed E-state index contributed by atoms with van der Waals surface area (Å²) in [4.78, 5) is 16.6. The van der Waals surface area contributed by atoms with Gasteiger partial charge in [-0.1, -0.05) is 24.3 Å². The molecule has 150 valence electrons. The molecule has 1 aromatic heterocycles. The molecule has 0 aliphatic carbocycles. The maximum atomic E-state index is 12.5. The Morgan fingerprint density at radius 1 is 1.25 bits per heavy atom. The van der Waals surface area contributed by atoms with Gasteiger partial charge in [-0.05, 0) is 36.5 Å². The van der Waals surface area contributed by atoms with Gasteiger partial charge >= 0.3 is 6.03 Å². The molecule has 1 unspecified atom stereocenters. The van der Waals surface area contributed by atoms with E-state index in [0.717, 1.165) is 38.9 Å². The number of piperidine rings is 1. The van der Waals surface area contributed by atoms with E-state index in [9.17, 15) is 9.90 Å². The largest absolute Gasteiger partial charge is 0.390 e. The van der Waals surface area contributed by atoms with Crippen LogP contribution in [-0.2, 0) is 13.0 Å². The number of hydrogen-bond donors (Lipinski definition) is 2. The van der Waals surface area contributed by atoms with Gasteiger partial charge in [0.25, 0.3) is 0 Å². The molecule has 2 aromatic rings. The molecule has 3 heterocycles. The van der Waals surface area contributed by atoms with E-state index in [4.69, 9.17) is 0 Å². The van der Waals surface area contributed by atoms with E-state index in [1.165, 1.54) is 11.1 Å². The van der Waals surface area contributed by atoms with E-state index in [1.54, 1.807) is 6.20 Å². The zero-order valence-corrected chi connectivity index (χ0v) is 16.2. The number of nitrogens with one attached hydrogen (secondary N) is 1. The number of amides is 2. The smallest absolute Gasteiger partial charge is 0.317 e. The number of carbonyl (C=O) groups is 1. The number of benzene rings is 1. The molecule has 0 bridgehead atoms. The third kappa shape index (κ3) is 4.54. The molecule has 2 N–H and O–H groups in total. The first-order valence-corrected chi connectivity index (χ1v) is 10.2. The summed E-state index contributed by atoms with van der Waals surface area (Å²) in [5.74, 6) is 0. The van der Waals surface area contributed by atoms with Crippen molar-refractivity contribution in [2.75, 3.05) is 32.7 Å². The van der Waals surface area contributed by atoms with Crippen molar-refractivity contribution in [2.45, 2.75) is 38.0 Å². The number of likely N-dealkylation sites (tertiary alicyclic amines) is 1. The summed E-state index contributed by atoms with van der Waals surface area (Å²) < 4.78 is 1.93. The summed E-state index contributed by atoms with van der Waals surface area (Å²) in [5, 5.41) is 17.6. The number of aromatic nitrogens is 2. The van der Waals surface area contributed by atoms with Gasteiger partial charge in [-0.3, -0.25) is 9.58 Å². The number of rotatable bonds is 5. The van der Waals surface area contributed by atoms with Gasteiger partial charge in [0.2, 0.25) is 0 Å². The van der Waals surface area contributed by atoms with E-state index in [0.29, 0.717) is 13.1 Å². The number of β-amino-alcohol motifs (C(OH)–C–C–N with tert-alkyl or cyclic N) is 1. The van der Waals surface area contributed by atoms with Gasteiger partial charge in [0, 0.05) is 51.7 Å². The van der Waals surface area contributed by atoms with Gasteiger partial charge in [0.15, 0.2) is 0 Å². The van der Waals surface area contributed by atoms with E-state index < -0.39 is 6.10 Å². The normalized spacial score (nSPS) is 21.2. The Morgan fingerprint density at radius 3 is 2.93 bits per heavy atom. The minimum atomic E-state index is -0.569. The van der Waals surface area contributed by atoms with Gasteiger partial charge < -0.3 is 15.3 Å². The monoisotopic (exact) mass is 383 g/mol. The van der Waals surface area contributed by atoms with Gasteiger partial charge in [-0.2, -0.15) is 5.10 Å². The van der Waals surface area contributed by atoms with Crippen molar-refractivity contribution in [2.24, 2.45) is 0 Å². The molecule has 1 saturated heterocycles. The Kier molecular flexibility index (Phi) is 5.92. The second-order valence-electron chi connectivity index (χ2n) is 7.82. The van der Waals surface area contributed by atoms with Crippen LogP contribution in [-0.4, -0.2) is 69.5 Å². The molecule has 2 aliphatic heterocycles. The van der Waals surface area contributed by atoms with Crippen molar-refractivity contribution >= 4 is 6.03 Å². The van der Waals surface area contributed by atoms with Crippen molar-refractivity contribution in [1.29, 1.82) is 0 Å². The molecule has 7 heteroatoms. The number of nitrogens with zero attached hydrogens (tertiary/aromatic N) is 4. The molecule has 1 aromatic carbocycles. The molecule has 1 fully saturated rings. The molecule has 0 spiro atoms. The number of aliphatic hydroxyl groups excluding tert-OH is 1. The van der Waals surface area contributed by atoms with Crippen LogP contribution in [0.3, 0.4) is 0 Å². The molecular formula is C21H29N5O2. The van der Waals surface area contributed by atoms with Crippen LogP contribution in [0, 0.1) is 0 Å². The predicted molar refractivity (Wildman–Crippen MR) is 107 cm³/mol. The lowest BCUT2D eigenvalue weighted by Crippen LogP contribution is -2.49. The Balaban J connectivity index is 1.22. The van der Waals surface area contributed by atoms with Crippen LogP contribution >= 0.6 is 0 Å². The molecule has 2 atom stereocenters. The molecule has 7 nitrogen and oxygen atoms in total. The highest BCUT2D eigenvalue weighted by atomic mass is 16.3. The topological polar surface area (TPSA) is 73.6 Å². The van der Waals surface area contributed by atoms with Crippen LogP contribution in [0.4, 0.5) is 4.79 Å². The fourth-order valence-electron chi connectivity index (χ4n) is 4.24. The lowest BCUT2D eigenvalue weighted by atomic mass is 10.00. The standard InChI is InChI=1S/C21H29N5O2/c27-20(16-24-12-8-17-5-1-2-6-18(17)14-24)13-22-21(28)25-10-3-7-19(15-25)26-11-4-9-23-26/h1-2,4-6,9,11,19-20,27H,3,7-8,10,12-16H2,(H,22,28)/t19?,20-/m0/s1. The molecule has 2 amide bonds. The van der Waals surface area contributed by atoms with Gasteiger partial charge in [-0.25, -0.2) is 4.79 Å². The van der Waals surface area contributed by atoms with Crippen LogP contribution in [0.5, 0.6) is 0 Å². The van der Waals surface area contributed by atoms with Gasteiger partial charge in [0.1, 0.15) is 0 Å². The van der Waals surface area contributed by atoms with Crippen LogP contribution in [0.15, 0.2) is 42.7 Å². The van der Waals surface area contributed by atoms with Crippen LogP contribution in [0.25, 0.3) is 0 Å². The van der Waals surface area contributed by atoms with E-state index in [-0.39, 0.29) is 18.6 Å². The third-order valence-corrected chi connectivity index (χ3v) is 5.75. The summed E-state index contributed by atoms with van der Waals surface area (Å²) in [5.41, 5.74) is 2.74. The summed E-state index contributed by atoms with van der Waals surface area (Å²) in [7, 11) is 0. The number of hydrogen-bond acceptors (Lipinski definition) is 4. The van der Waals surface area contributed by atoms with Crippen molar-refractivity contribution < 1.29 is 9.90 Å². The first kappa shape index (κ1) is 19.0. The summed E-state index contributed by atoms with van der Waals surface area (Å²) in [6.07, 6.45) is 6.16. The van der Waals surface area contributed by atoms with Gasteiger partial charge in [0.05, 0.1) is 12.1 Å². The number of aliphatic hydroxyl groups is 1. The minimum Gasteiger partial charge on any atom is -0.390 e. The number of fused-ring (bicyclic) bond motifs is 1. The highest BCUT2D eigenvalue weighted by Gasteiger charge is 2.25. The lowest BCUT2D eigenvalue weighted by molar-refractivity contribution is 0.101. The molecular weight excluding hydrogens is 354 g/mol. The van der Waals surface area contributed by atoms with Crippen LogP contribution in [0.2, 0.25) is 0 Å². The maximum Gasteiger partial charge on any atom is 0.317 e. The Morgan fingerprint density at radius 2 is 2.11 bits per heavy atom. The third-order valence-electron chi connectivity index (χ3n) is 5.75. The zero-order chi connectivity index (χ0) is 19.3. The predicted octanol–water partition coefficient (Wildman–Crippen LogP) is 1.65. The van der Waals surface area contributed by atoms with Crippen LogP contribution in [0.1, 0.15) is 30.0 Å². The maximum absolute atomic E-state index is 12.5. The van der Waals surface area contributed by atoms with Crippen molar-refractivity contribution in [3.05, 3.63) is 53.9 Å². The Hall–Kier alpha value is -2.38. The first-order valence-electron chi connectivity index (χ1n) is 10.2. The summed E-state index contributed by atoms with van der Waals surface area (Å²) in [6, 6.07) is 10.5. The quantitative estimate of drug-likeness (QED) is 0.823. The average molecular weight is 383 g/mol. The average Bonchev–Trinajstić information content (AvgIpc) is 3.27. The molecule has 4 rings (SSSR count). The highest BCUT2D eigenvalue weighted by Crippen LogP contribution is 2.21. The SMILES string of the molecule is O=C(NC[C@H](O)CN1CCc2ccccc2C1)N1CCCC(n2cccn2)C1. The lowest BCUT2D eigenvalue weighted by Gasteiger charge is -2.33. The zero-order valence-electron chi connectivity index (χ0n) is 16.2. The van der Waals surface area contributed by atoms with Gasteiger partial charge in [-0.15, -0.1) is 0 Å². The fourth-order valence-corrected chi connectivity index (χ4v) is 4.24. The summed E-state index contributed by atoms with van der Waals surface area (Å²) >= 11 is 0. The van der Waals surface area contributed by atoms with Crippen molar-refractivity contribution in [1.82, 2.24) is 24.9 Å². The molecule has 0 saturated carbocycles. The minimum absolute atomic E-state index is 0.0973. The molecule has 0 radical (unpaired) electrons. The molecule has 2 aliphatic rings. The fraction of sp³-hybridized carbons (Fsp3) is 0.524. The Bertz CT molecular complexity index is 779. The Labute approximate surface area is 165 Å². The highest BCUT2D eigenvalue weighted by molar-refractivity contribution is 5.74. The number of carbonyl (C=O) groups excluding carboxylic acids is 1. The first-order chi connectivity index (χ1) is 13.7. The summed E-state index contributed by atoms with van der Waals surface area (Å²) in [6.45, 7) is 4.07. The number of urea groups is 1.